The first-order chi connectivity index (χ1) is 28.5. The molecule has 2 heterocycles. The first kappa shape index (κ1) is 33.9. The van der Waals surface area contributed by atoms with Gasteiger partial charge in [-0.15, -0.1) is 0 Å². The Bertz CT molecular complexity index is 3100. The lowest BCUT2D eigenvalue weighted by Gasteiger charge is -2.21. The molecule has 274 valence electrons. The molecule has 10 aromatic rings. The van der Waals surface area contributed by atoms with Gasteiger partial charge in [0.1, 0.15) is 0 Å². The van der Waals surface area contributed by atoms with Gasteiger partial charge in [-0.05, 0) is 74.8 Å². The van der Waals surface area contributed by atoms with Crippen LogP contribution in [0, 0.1) is 0 Å². The van der Waals surface area contributed by atoms with E-state index in [2.05, 4.69) is 194 Å². The maximum Gasteiger partial charge on any atom is 0.164 e. The van der Waals surface area contributed by atoms with Crippen LogP contribution in [0.5, 0.6) is 0 Å². The van der Waals surface area contributed by atoms with E-state index in [-0.39, 0.29) is 5.41 Å². The SMILES string of the molecule is CC1(C)c2ccccc2-c2ccc(-c3nc(-c4ccccc4)nc(-c4ccc(-c5ccc(-c6ccc(-n7c8ccccc8c8ccccc87)cc6)cc5)cc4)n3)cc21. The summed E-state index contributed by atoms with van der Waals surface area (Å²) in [6, 6.07) is 69.1. The van der Waals surface area contributed by atoms with Gasteiger partial charge in [0, 0.05) is 38.6 Å². The van der Waals surface area contributed by atoms with Crippen molar-refractivity contribution in [2.45, 2.75) is 19.3 Å². The fourth-order valence-corrected chi connectivity index (χ4v) is 8.86. The van der Waals surface area contributed by atoms with Crippen molar-refractivity contribution in [1.82, 2.24) is 19.5 Å². The first-order valence-corrected chi connectivity index (χ1v) is 19.9. The molecule has 0 N–H and O–H groups in total. The quantitative estimate of drug-likeness (QED) is 0.170. The Morgan fingerprint density at radius 3 is 1.34 bits per heavy atom. The van der Waals surface area contributed by atoms with Gasteiger partial charge in [0.05, 0.1) is 11.0 Å². The van der Waals surface area contributed by atoms with E-state index in [0.29, 0.717) is 17.5 Å². The third-order valence-electron chi connectivity index (χ3n) is 11.9. The van der Waals surface area contributed by atoms with Gasteiger partial charge in [0.15, 0.2) is 17.5 Å². The molecule has 8 aromatic carbocycles. The van der Waals surface area contributed by atoms with E-state index in [1.165, 1.54) is 55.2 Å². The molecule has 11 rings (SSSR count). The molecular weight excluding hydrogens is 705 g/mol. The lowest BCUT2D eigenvalue weighted by Crippen LogP contribution is -2.15. The van der Waals surface area contributed by atoms with Crippen LogP contribution in [0.25, 0.3) is 95.0 Å². The molecule has 0 atom stereocenters. The Hall–Kier alpha value is -7.43. The number of benzene rings is 8. The molecule has 0 spiro atoms. The van der Waals surface area contributed by atoms with Crippen LogP contribution >= 0.6 is 0 Å². The number of rotatable bonds is 6. The van der Waals surface area contributed by atoms with Crippen molar-refractivity contribution in [2.75, 3.05) is 0 Å². The van der Waals surface area contributed by atoms with Gasteiger partial charge in [-0.25, -0.2) is 15.0 Å². The largest absolute Gasteiger partial charge is 0.309 e. The minimum absolute atomic E-state index is 0.118. The topological polar surface area (TPSA) is 43.6 Å². The zero-order chi connectivity index (χ0) is 38.8. The summed E-state index contributed by atoms with van der Waals surface area (Å²) in [5.41, 5.74) is 16.2. The van der Waals surface area contributed by atoms with Crippen LogP contribution in [0.4, 0.5) is 0 Å². The number of nitrogens with zero attached hydrogens (tertiary/aromatic N) is 4. The molecule has 1 aliphatic carbocycles. The molecule has 0 radical (unpaired) electrons. The zero-order valence-corrected chi connectivity index (χ0v) is 32.3. The van der Waals surface area contributed by atoms with Gasteiger partial charge in [0.25, 0.3) is 0 Å². The molecule has 1 aliphatic rings. The van der Waals surface area contributed by atoms with Crippen molar-refractivity contribution in [3.8, 4) is 73.2 Å². The fraction of sp³-hybridized carbons (Fsp3) is 0.0556. The van der Waals surface area contributed by atoms with Gasteiger partial charge in [-0.2, -0.15) is 0 Å². The van der Waals surface area contributed by atoms with Crippen molar-refractivity contribution < 1.29 is 0 Å². The van der Waals surface area contributed by atoms with Crippen molar-refractivity contribution >= 4 is 21.8 Å². The third-order valence-corrected chi connectivity index (χ3v) is 11.9. The number of hydrogen-bond acceptors (Lipinski definition) is 3. The van der Waals surface area contributed by atoms with E-state index in [9.17, 15) is 0 Å². The molecule has 0 unspecified atom stereocenters. The molecule has 2 aromatic heterocycles. The van der Waals surface area contributed by atoms with Gasteiger partial charge < -0.3 is 4.57 Å². The van der Waals surface area contributed by atoms with E-state index in [1.54, 1.807) is 0 Å². The Morgan fingerprint density at radius 2 is 0.759 bits per heavy atom. The number of para-hydroxylation sites is 2. The van der Waals surface area contributed by atoms with Crippen LogP contribution in [0.2, 0.25) is 0 Å². The standard InChI is InChI=1S/C54H38N4/c1-54(2)47-17-9-6-14-43(47)44-33-30-41(34-48(44)54)53-56-51(39-12-4-3-5-13-39)55-52(57-53)40-26-24-37(25-27-40)35-20-22-36(23-21-35)38-28-31-42(32-29-38)58-49-18-10-7-15-45(49)46-16-8-11-19-50(46)58/h3-34H,1-2H3. The van der Waals surface area contributed by atoms with Crippen LogP contribution in [0.15, 0.2) is 194 Å². The predicted molar refractivity (Wildman–Crippen MR) is 239 cm³/mol. The highest BCUT2D eigenvalue weighted by molar-refractivity contribution is 6.09. The van der Waals surface area contributed by atoms with Crippen LogP contribution < -0.4 is 0 Å². The average Bonchev–Trinajstić information content (AvgIpc) is 3.75. The van der Waals surface area contributed by atoms with E-state index >= 15 is 0 Å². The van der Waals surface area contributed by atoms with Crippen molar-refractivity contribution in [3.05, 3.63) is 205 Å². The molecule has 0 fully saturated rings. The van der Waals surface area contributed by atoms with Gasteiger partial charge in [-0.3, -0.25) is 0 Å². The summed E-state index contributed by atoms with van der Waals surface area (Å²) >= 11 is 0. The highest BCUT2D eigenvalue weighted by Crippen LogP contribution is 2.49. The molecule has 0 bridgehead atoms. The fourth-order valence-electron chi connectivity index (χ4n) is 8.86. The van der Waals surface area contributed by atoms with Gasteiger partial charge in [0.2, 0.25) is 0 Å². The summed E-state index contributed by atoms with van der Waals surface area (Å²) in [5, 5.41) is 2.54. The van der Waals surface area contributed by atoms with Crippen molar-refractivity contribution in [3.63, 3.8) is 0 Å². The first-order valence-electron chi connectivity index (χ1n) is 19.9. The summed E-state index contributed by atoms with van der Waals surface area (Å²) in [4.78, 5) is 15.1. The lowest BCUT2D eigenvalue weighted by atomic mass is 9.82. The number of hydrogen-bond donors (Lipinski definition) is 0. The summed E-state index contributed by atoms with van der Waals surface area (Å²) in [7, 11) is 0. The van der Waals surface area contributed by atoms with Crippen LogP contribution in [0.3, 0.4) is 0 Å². The Kier molecular flexibility index (Phi) is 7.80. The molecule has 0 saturated carbocycles. The third kappa shape index (κ3) is 5.56. The molecule has 0 aliphatic heterocycles. The van der Waals surface area contributed by atoms with Gasteiger partial charge in [-0.1, -0.05) is 178 Å². The highest BCUT2D eigenvalue weighted by Gasteiger charge is 2.35. The lowest BCUT2D eigenvalue weighted by molar-refractivity contribution is 0.660. The molecule has 4 heteroatoms. The monoisotopic (exact) mass is 742 g/mol. The van der Waals surface area contributed by atoms with E-state index < -0.39 is 0 Å². The molecule has 0 saturated heterocycles. The smallest absolute Gasteiger partial charge is 0.164 e. The second-order valence-electron chi connectivity index (χ2n) is 15.7. The minimum Gasteiger partial charge on any atom is -0.309 e. The van der Waals surface area contributed by atoms with Gasteiger partial charge >= 0.3 is 0 Å². The van der Waals surface area contributed by atoms with Crippen LogP contribution in [0.1, 0.15) is 25.0 Å². The summed E-state index contributed by atoms with van der Waals surface area (Å²) in [6.45, 7) is 4.60. The van der Waals surface area contributed by atoms with Crippen molar-refractivity contribution in [1.29, 1.82) is 0 Å². The molecular formula is C54H38N4. The molecule has 4 nitrogen and oxygen atoms in total. The second kappa shape index (κ2) is 13.4. The normalized spacial score (nSPS) is 12.8. The van der Waals surface area contributed by atoms with Crippen LogP contribution in [-0.2, 0) is 5.41 Å². The summed E-state index contributed by atoms with van der Waals surface area (Å²) in [5.74, 6) is 1.98. The maximum absolute atomic E-state index is 5.10. The Morgan fingerprint density at radius 1 is 0.345 bits per heavy atom. The number of aromatic nitrogens is 4. The Labute approximate surface area is 337 Å². The maximum atomic E-state index is 5.10. The second-order valence-corrected chi connectivity index (χ2v) is 15.7. The van der Waals surface area contributed by atoms with E-state index in [4.69, 9.17) is 15.0 Å². The minimum atomic E-state index is -0.118. The Balaban J connectivity index is 0.889. The van der Waals surface area contributed by atoms with E-state index in [1.807, 2.05) is 18.2 Å². The van der Waals surface area contributed by atoms with Crippen LogP contribution in [-0.4, -0.2) is 19.5 Å². The summed E-state index contributed by atoms with van der Waals surface area (Å²) < 4.78 is 2.36. The predicted octanol–water partition coefficient (Wildman–Crippen LogP) is 13.6. The van der Waals surface area contributed by atoms with E-state index in [0.717, 1.165) is 33.5 Å². The highest BCUT2D eigenvalue weighted by atomic mass is 15.0. The summed E-state index contributed by atoms with van der Waals surface area (Å²) in [6.07, 6.45) is 0. The number of fused-ring (bicyclic) bond motifs is 6. The molecule has 0 amide bonds. The van der Waals surface area contributed by atoms with Crippen molar-refractivity contribution in [2.24, 2.45) is 0 Å². The average molecular weight is 743 g/mol. The zero-order valence-electron chi connectivity index (χ0n) is 32.3. The molecule has 58 heavy (non-hydrogen) atoms.